The fourth-order valence-corrected chi connectivity index (χ4v) is 4.15. The molecule has 0 radical (unpaired) electrons. The Bertz CT molecular complexity index is 805. The Hall–Kier alpha value is -2.38. The fourth-order valence-electron chi connectivity index (χ4n) is 4.15. The summed E-state index contributed by atoms with van der Waals surface area (Å²) in [6, 6.07) is 17.8. The van der Waals surface area contributed by atoms with Gasteiger partial charge in [-0.2, -0.15) is 5.26 Å². The largest absolute Gasteiger partial charge is 0.312 e. The number of fused-ring (bicyclic) bond motifs is 4. The van der Waals surface area contributed by atoms with Crippen LogP contribution in [-0.4, -0.2) is 22.6 Å². The molecule has 3 unspecified atom stereocenters. The fraction of sp³-hybridized carbons (Fsp3) is 0.368. The molecule has 0 saturated carbocycles. The van der Waals surface area contributed by atoms with Crippen molar-refractivity contribution >= 4 is 0 Å². The lowest BCUT2D eigenvalue weighted by atomic mass is 9.82. The molecule has 3 heterocycles. The van der Waals surface area contributed by atoms with Gasteiger partial charge in [-0.05, 0) is 24.0 Å². The second-order valence-corrected chi connectivity index (χ2v) is 6.59. The van der Waals surface area contributed by atoms with Crippen molar-refractivity contribution in [2.24, 2.45) is 5.92 Å². The minimum atomic E-state index is -0.205. The summed E-state index contributed by atoms with van der Waals surface area (Å²) in [4.78, 5) is 14.4. The van der Waals surface area contributed by atoms with Gasteiger partial charge in [0.25, 0.3) is 5.56 Å². The number of nitriles is 1. The summed E-state index contributed by atoms with van der Waals surface area (Å²) in [5, 5.41) is 9.69. The van der Waals surface area contributed by atoms with Gasteiger partial charge < -0.3 is 4.57 Å². The van der Waals surface area contributed by atoms with E-state index in [0.717, 1.165) is 37.3 Å². The number of rotatable bonds is 2. The average molecular weight is 305 g/mol. The molecule has 0 aliphatic carbocycles. The van der Waals surface area contributed by atoms with Gasteiger partial charge in [-0.25, -0.2) is 0 Å². The molecular weight excluding hydrogens is 286 g/mol. The second-order valence-electron chi connectivity index (χ2n) is 6.59. The summed E-state index contributed by atoms with van der Waals surface area (Å²) in [7, 11) is 0. The highest BCUT2D eigenvalue weighted by atomic mass is 16.1. The van der Waals surface area contributed by atoms with Gasteiger partial charge in [-0.1, -0.05) is 36.4 Å². The summed E-state index contributed by atoms with van der Waals surface area (Å²) < 4.78 is 1.93. The van der Waals surface area contributed by atoms with E-state index in [2.05, 4.69) is 17.0 Å². The van der Waals surface area contributed by atoms with Crippen molar-refractivity contribution in [2.75, 3.05) is 13.1 Å². The summed E-state index contributed by atoms with van der Waals surface area (Å²) in [6.07, 6.45) is 1.12. The zero-order valence-corrected chi connectivity index (χ0v) is 12.9. The first-order valence-corrected chi connectivity index (χ1v) is 8.14. The summed E-state index contributed by atoms with van der Waals surface area (Å²) in [6.45, 7) is 2.49. The molecular formula is C19H19N3O. The van der Waals surface area contributed by atoms with Crippen molar-refractivity contribution in [3.8, 4) is 6.07 Å². The van der Waals surface area contributed by atoms with Crippen LogP contribution in [-0.2, 0) is 6.54 Å². The number of pyridine rings is 1. The molecule has 0 N–H and O–H groups in total. The SMILES string of the molecule is N#CC(c1ccccc1)N1CC2CC(C1)c1cccc(=O)n1C2. The summed E-state index contributed by atoms with van der Waals surface area (Å²) in [5.74, 6) is 0.789. The molecule has 0 amide bonds. The van der Waals surface area contributed by atoms with E-state index in [1.54, 1.807) is 6.07 Å². The third kappa shape index (κ3) is 2.47. The maximum atomic E-state index is 12.1. The standard InChI is InChI=1S/C19H19N3O/c20-10-18(15-5-2-1-3-6-15)21-11-14-9-16(13-21)17-7-4-8-19(23)22(17)12-14/h1-8,14,16,18H,9,11-13H2. The van der Waals surface area contributed by atoms with Crippen LogP contribution in [0.25, 0.3) is 0 Å². The predicted octanol–water partition coefficient (Wildman–Crippen LogP) is 2.53. The van der Waals surface area contributed by atoms with Crippen molar-refractivity contribution < 1.29 is 0 Å². The van der Waals surface area contributed by atoms with Gasteiger partial charge in [0.05, 0.1) is 6.07 Å². The third-order valence-electron chi connectivity index (χ3n) is 5.11. The minimum absolute atomic E-state index is 0.102. The van der Waals surface area contributed by atoms with Crippen LogP contribution in [0.2, 0.25) is 0 Å². The van der Waals surface area contributed by atoms with E-state index in [9.17, 15) is 10.1 Å². The van der Waals surface area contributed by atoms with Crippen molar-refractivity contribution in [1.82, 2.24) is 9.47 Å². The number of benzene rings is 1. The van der Waals surface area contributed by atoms with E-state index in [1.165, 1.54) is 0 Å². The molecule has 2 bridgehead atoms. The number of nitrogens with zero attached hydrogens (tertiary/aromatic N) is 3. The maximum absolute atomic E-state index is 12.1. The molecule has 3 atom stereocenters. The Morgan fingerprint density at radius 1 is 1.04 bits per heavy atom. The molecule has 4 rings (SSSR count). The molecule has 4 nitrogen and oxygen atoms in total. The van der Waals surface area contributed by atoms with Gasteiger partial charge in [-0.15, -0.1) is 0 Å². The van der Waals surface area contributed by atoms with Crippen LogP contribution in [0, 0.1) is 17.2 Å². The molecule has 1 aromatic carbocycles. The van der Waals surface area contributed by atoms with E-state index >= 15 is 0 Å². The molecule has 1 aromatic heterocycles. The normalized spacial score (nSPS) is 24.5. The number of hydrogen-bond acceptors (Lipinski definition) is 3. The lowest BCUT2D eigenvalue weighted by Crippen LogP contribution is -2.47. The van der Waals surface area contributed by atoms with Gasteiger partial charge in [0.1, 0.15) is 6.04 Å². The van der Waals surface area contributed by atoms with Crippen LogP contribution in [0.5, 0.6) is 0 Å². The van der Waals surface area contributed by atoms with Crippen molar-refractivity contribution in [2.45, 2.75) is 24.9 Å². The molecule has 2 aromatic rings. The molecule has 0 spiro atoms. The predicted molar refractivity (Wildman–Crippen MR) is 87.9 cm³/mol. The Kier molecular flexibility index (Phi) is 3.51. The van der Waals surface area contributed by atoms with Gasteiger partial charge in [0.15, 0.2) is 0 Å². The van der Waals surface area contributed by atoms with Crippen LogP contribution in [0.15, 0.2) is 53.3 Å². The first-order valence-electron chi connectivity index (χ1n) is 8.14. The lowest BCUT2D eigenvalue weighted by Gasteiger charge is -2.44. The molecule has 1 fully saturated rings. The second kappa shape index (κ2) is 5.68. The van der Waals surface area contributed by atoms with Gasteiger partial charge in [0, 0.05) is 37.3 Å². The topological polar surface area (TPSA) is 49.0 Å². The molecule has 1 saturated heterocycles. The quantitative estimate of drug-likeness (QED) is 0.856. The van der Waals surface area contributed by atoms with Crippen LogP contribution in [0.1, 0.15) is 29.6 Å². The Morgan fingerprint density at radius 2 is 1.87 bits per heavy atom. The van der Waals surface area contributed by atoms with Crippen molar-refractivity contribution in [3.63, 3.8) is 0 Å². The maximum Gasteiger partial charge on any atom is 0.250 e. The number of piperidine rings is 1. The lowest BCUT2D eigenvalue weighted by molar-refractivity contribution is 0.100. The molecule has 2 aliphatic heterocycles. The monoisotopic (exact) mass is 305 g/mol. The van der Waals surface area contributed by atoms with Crippen LogP contribution >= 0.6 is 0 Å². The summed E-state index contributed by atoms with van der Waals surface area (Å²) >= 11 is 0. The van der Waals surface area contributed by atoms with E-state index in [-0.39, 0.29) is 11.6 Å². The number of hydrogen-bond donors (Lipinski definition) is 0. The van der Waals surface area contributed by atoms with E-state index in [1.807, 2.05) is 41.0 Å². The molecule has 116 valence electrons. The van der Waals surface area contributed by atoms with Crippen LogP contribution in [0.3, 0.4) is 0 Å². The van der Waals surface area contributed by atoms with E-state index in [4.69, 9.17) is 0 Å². The van der Waals surface area contributed by atoms with E-state index < -0.39 is 0 Å². The highest BCUT2D eigenvalue weighted by molar-refractivity contribution is 5.25. The first-order chi connectivity index (χ1) is 11.3. The highest BCUT2D eigenvalue weighted by Gasteiger charge is 2.37. The first kappa shape index (κ1) is 14.2. The Balaban J connectivity index is 1.66. The smallest absolute Gasteiger partial charge is 0.250 e. The molecule has 2 aliphatic rings. The number of aromatic nitrogens is 1. The Morgan fingerprint density at radius 3 is 2.65 bits per heavy atom. The summed E-state index contributed by atoms with van der Waals surface area (Å²) in [5.41, 5.74) is 2.29. The molecule has 23 heavy (non-hydrogen) atoms. The van der Waals surface area contributed by atoms with E-state index in [0.29, 0.717) is 11.8 Å². The zero-order valence-electron chi connectivity index (χ0n) is 12.9. The Labute approximate surface area is 135 Å². The van der Waals surface area contributed by atoms with Gasteiger partial charge in [0.2, 0.25) is 0 Å². The third-order valence-corrected chi connectivity index (χ3v) is 5.11. The van der Waals surface area contributed by atoms with Crippen molar-refractivity contribution in [1.29, 1.82) is 5.26 Å². The highest BCUT2D eigenvalue weighted by Crippen LogP contribution is 2.38. The van der Waals surface area contributed by atoms with Crippen LogP contribution < -0.4 is 5.56 Å². The van der Waals surface area contributed by atoms with Gasteiger partial charge >= 0.3 is 0 Å². The van der Waals surface area contributed by atoms with Crippen LogP contribution in [0.4, 0.5) is 0 Å². The number of likely N-dealkylation sites (tertiary alicyclic amines) is 1. The minimum Gasteiger partial charge on any atom is -0.312 e. The zero-order chi connectivity index (χ0) is 15.8. The average Bonchev–Trinajstić information content (AvgIpc) is 2.58. The van der Waals surface area contributed by atoms with Crippen molar-refractivity contribution in [3.05, 3.63) is 70.1 Å². The molecule has 4 heteroatoms. The van der Waals surface area contributed by atoms with Gasteiger partial charge in [-0.3, -0.25) is 9.69 Å².